The molecule has 8 heteroatoms. The molecule has 170 valence electrons. The van der Waals surface area contributed by atoms with Crippen LogP contribution in [0.2, 0.25) is 0 Å². The Balaban J connectivity index is 0.00000320. The summed E-state index contributed by atoms with van der Waals surface area (Å²) in [5, 5.41) is 3.40. The van der Waals surface area contributed by atoms with Gasteiger partial charge in [-0.15, -0.1) is 24.0 Å². The molecule has 1 aromatic rings. The van der Waals surface area contributed by atoms with Crippen molar-refractivity contribution < 1.29 is 4.79 Å². The third-order valence-electron chi connectivity index (χ3n) is 6.21. The lowest BCUT2D eigenvalue weighted by Crippen LogP contribution is -2.50. The number of amides is 1. The lowest BCUT2D eigenvalue weighted by Gasteiger charge is -2.35. The minimum absolute atomic E-state index is 0. The summed E-state index contributed by atoms with van der Waals surface area (Å²) in [4.78, 5) is 24.1. The summed E-state index contributed by atoms with van der Waals surface area (Å²) in [6.45, 7) is 9.17. The Morgan fingerprint density at radius 1 is 1.23 bits per heavy atom. The molecule has 1 N–H and O–H groups in total. The number of rotatable bonds is 7. The number of nitrogens with zero attached hydrogens (tertiary/aromatic N) is 5. The molecule has 0 spiro atoms. The van der Waals surface area contributed by atoms with E-state index in [1.807, 2.05) is 0 Å². The van der Waals surface area contributed by atoms with E-state index < -0.39 is 0 Å². The number of guanidine groups is 1. The molecule has 0 unspecified atom stereocenters. The van der Waals surface area contributed by atoms with Crippen LogP contribution >= 0.6 is 24.0 Å². The highest BCUT2D eigenvalue weighted by Crippen LogP contribution is 2.26. The third kappa shape index (κ3) is 6.87. The van der Waals surface area contributed by atoms with Crippen molar-refractivity contribution in [1.29, 1.82) is 0 Å². The summed E-state index contributed by atoms with van der Waals surface area (Å²) in [6, 6.07) is 4.22. The first-order chi connectivity index (χ1) is 14.1. The van der Waals surface area contributed by atoms with E-state index in [1.165, 1.54) is 18.5 Å². The van der Waals surface area contributed by atoms with Crippen LogP contribution in [-0.4, -0.2) is 84.0 Å². The third-order valence-corrected chi connectivity index (χ3v) is 6.21. The first-order valence-electron chi connectivity index (χ1n) is 11.2. The molecule has 30 heavy (non-hydrogen) atoms. The van der Waals surface area contributed by atoms with Crippen LogP contribution in [0.4, 0.5) is 0 Å². The van der Waals surface area contributed by atoms with Gasteiger partial charge in [-0.1, -0.05) is 12.8 Å². The Morgan fingerprint density at radius 2 is 1.93 bits per heavy atom. The second kappa shape index (κ2) is 12.5. The number of halogens is 1. The Hall–Kier alpha value is -1.29. The lowest BCUT2D eigenvalue weighted by molar-refractivity contribution is -0.137. The van der Waals surface area contributed by atoms with E-state index in [2.05, 4.69) is 63.9 Å². The van der Waals surface area contributed by atoms with Gasteiger partial charge in [0.05, 0.1) is 13.1 Å². The van der Waals surface area contributed by atoms with Crippen LogP contribution in [0.3, 0.4) is 0 Å². The highest BCUT2D eigenvalue weighted by molar-refractivity contribution is 14.0. The number of piperazine rings is 1. The maximum atomic E-state index is 12.6. The molecular formula is C22H39IN6O. The summed E-state index contributed by atoms with van der Waals surface area (Å²) in [6.07, 6.45) is 6.71. The fourth-order valence-electron chi connectivity index (χ4n) is 4.37. The molecular weight excluding hydrogens is 491 g/mol. The molecule has 0 aromatic carbocycles. The molecule has 2 heterocycles. The highest BCUT2D eigenvalue weighted by atomic mass is 127. The second-order valence-corrected chi connectivity index (χ2v) is 8.35. The van der Waals surface area contributed by atoms with Gasteiger partial charge in [-0.3, -0.25) is 14.7 Å². The topological polar surface area (TPSA) is 56.1 Å². The van der Waals surface area contributed by atoms with Crippen molar-refractivity contribution in [3.05, 3.63) is 24.0 Å². The van der Waals surface area contributed by atoms with Crippen LogP contribution in [0.1, 0.15) is 38.3 Å². The predicted octanol–water partition coefficient (Wildman–Crippen LogP) is 2.37. The molecule has 3 rings (SSSR count). The first kappa shape index (κ1) is 25.0. The van der Waals surface area contributed by atoms with Crippen molar-refractivity contribution in [1.82, 2.24) is 24.6 Å². The normalized spacial score (nSPS) is 18.4. The van der Waals surface area contributed by atoms with E-state index in [4.69, 9.17) is 4.99 Å². The Kier molecular flexibility index (Phi) is 10.4. The van der Waals surface area contributed by atoms with Gasteiger partial charge >= 0.3 is 0 Å². The monoisotopic (exact) mass is 530 g/mol. The van der Waals surface area contributed by atoms with Crippen LogP contribution in [0, 0.1) is 5.92 Å². The Morgan fingerprint density at radius 3 is 2.53 bits per heavy atom. The fraction of sp³-hybridized carbons (Fsp3) is 0.727. The van der Waals surface area contributed by atoms with Crippen molar-refractivity contribution in [2.45, 2.75) is 39.2 Å². The highest BCUT2D eigenvalue weighted by Gasteiger charge is 2.29. The largest absolute Gasteiger partial charge is 0.357 e. The number of carbonyl (C=O) groups is 1. The SMILES string of the molecule is CCNC(=NCCN1CCN(C(=O)C2CCCC2)CC1)N(C)Cc1cccn1C.I. The van der Waals surface area contributed by atoms with Crippen LogP contribution < -0.4 is 5.32 Å². The molecule has 1 saturated carbocycles. The zero-order valence-corrected chi connectivity index (χ0v) is 21.2. The van der Waals surface area contributed by atoms with Gasteiger partial charge in [-0.25, -0.2) is 0 Å². The van der Waals surface area contributed by atoms with Crippen LogP contribution in [0.5, 0.6) is 0 Å². The van der Waals surface area contributed by atoms with Crippen molar-refractivity contribution in [2.24, 2.45) is 18.0 Å². The van der Waals surface area contributed by atoms with Gasteiger partial charge in [0.15, 0.2) is 5.96 Å². The maximum Gasteiger partial charge on any atom is 0.225 e. The number of hydrogen-bond acceptors (Lipinski definition) is 3. The number of nitrogens with one attached hydrogen (secondary N) is 1. The van der Waals surface area contributed by atoms with E-state index in [0.717, 1.165) is 71.2 Å². The van der Waals surface area contributed by atoms with Crippen molar-refractivity contribution in [2.75, 3.05) is 52.9 Å². The van der Waals surface area contributed by atoms with Crippen molar-refractivity contribution in [3.63, 3.8) is 0 Å². The minimum atomic E-state index is 0. The summed E-state index contributed by atoms with van der Waals surface area (Å²) in [5.74, 6) is 1.65. The zero-order chi connectivity index (χ0) is 20.6. The van der Waals surface area contributed by atoms with E-state index in [1.54, 1.807) is 0 Å². The summed E-state index contributed by atoms with van der Waals surface area (Å²) < 4.78 is 2.15. The molecule has 1 aliphatic carbocycles. The average Bonchev–Trinajstić information content (AvgIpc) is 3.40. The molecule has 2 aliphatic rings. The smallest absolute Gasteiger partial charge is 0.225 e. The van der Waals surface area contributed by atoms with E-state index in [-0.39, 0.29) is 24.0 Å². The van der Waals surface area contributed by atoms with Crippen molar-refractivity contribution in [3.8, 4) is 0 Å². The number of carbonyl (C=O) groups excluding carboxylic acids is 1. The van der Waals surface area contributed by atoms with Gasteiger partial charge in [-0.2, -0.15) is 0 Å². The number of aromatic nitrogens is 1. The summed E-state index contributed by atoms with van der Waals surface area (Å²) in [7, 11) is 4.16. The molecule has 7 nitrogen and oxygen atoms in total. The molecule has 1 saturated heterocycles. The minimum Gasteiger partial charge on any atom is -0.357 e. The summed E-state index contributed by atoms with van der Waals surface area (Å²) in [5.41, 5.74) is 1.26. The van der Waals surface area contributed by atoms with E-state index in [0.29, 0.717) is 11.8 Å². The van der Waals surface area contributed by atoms with Gasteiger partial charge in [0.2, 0.25) is 5.91 Å². The predicted molar refractivity (Wildman–Crippen MR) is 133 cm³/mol. The molecule has 1 aliphatic heterocycles. The number of aryl methyl sites for hydroxylation is 1. The molecule has 1 aromatic heterocycles. The van der Waals surface area contributed by atoms with Crippen LogP contribution in [0.15, 0.2) is 23.3 Å². The van der Waals surface area contributed by atoms with Crippen LogP contribution in [0.25, 0.3) is 0 Å². The number of aliphatic imine (C=N–C) groups is 1. The standard InChI is InChI=1S/C22H38N6O.HI/c1-4-23-22(26(3)18-20-10-7-12-25(20)2)24-11-13-27-14-16-28(17-15-27)21(29)19-8-5-6-9-19;/h7,10,12,19H,4-6,8-9,11,13-18H2,1-3H3,(H,23,24);1H. The van der Waals surface area contributed by atoms with Gasteiger partial charge in [0.1, 0.15) is 0 Å². The molecule has 0 atom stereocenters. The average molecular weight is 530 g/mol. The fourth-order valence-corrected chi connectivity index (χ4v) is 4.37. The van der Waals surface area contributed by atoms with E-state index in [9.17, 15) is 4.79 Å². The molecule has 0 radical (unpaired) electrons. The maximum absolute atomic E-state index is 12.6. The van der Waals surface area contributed by atoms with Crippen LogP contribution in [-0.2, 0) is 18.4 Å². The Bertz CT molecular complexity index is 677. The molecule has 1 amide bonds. The van der Waals surface area contributed by atoms with Gasteiger partial charge in [0.25, 0.3) is 0 Å². The molecule has 2 fully saturated rings. The number of hydrogen-bond donors (Lipinski definition) is 1. The van der Waals surface area contributed by atoms with E-state index >= 15 is 0 Å². The van der Waals surface area contributed by atoms with Gasteiger partial charge in [-0.05, 0) is 31.9 Å². The Labute approximate surface area is 198 Å². The molecule has 0 bridgehead atoms. The van der Waals surface area contributed by atoms with Gasteiger partial charge < -0.3 is 19.7 Å². The van der Waals surface area contributed by atoms with Crippen molar-refractivity contribution >= 4 is 35.8 Å². The van der Waals surface area contributed by atoms with Gasteiger partial charge in [0, 0.05) is 71.2 Å². The lowest BCUT2D eigenvalue weighted by atomic mass is 10.1. The zero-order valence-electron chi connectivity index (χ0n) is 18.8. The summed E-state index contributed by atoms with van der Waals surface area (Å²) >= 11 is 0. The quantitative estimate of drug-likeness (QED) is 0.334. The second-order valence-electron chi connectivity index (χ2n) is 8.35. The first-order valence-corrected chi connectivity index (χ1v) is 11.2.